The van der Waals surface area contributed by atoms with E-state index in [0.717, 1.165) is 12.8 Å². The number of nitrogens with zero attached hydrogens (tertiary/aromatic N) is 3. The molecule has 6 nitrogen and oxygen atoms in total. The van der Waals surface area contributed by atoms with Crippen LogP contribution in [0.1, 0.15) is 19.8 Å². The van der Waals surface area contributed by atoms with Gasteiger partial charge in [-0.25, -0.2) is 0 Å². The van der Waals surface area contributed by atoms with Crippen LogP contribution < -0.4 is 14.8 Å². The van der Waals surface area contributed by atoms with Gasteiger partial charge in [-0.1, -0.05) is 6.92 Å². The third kappa shape index (κ3) is 4.60. The maximum atomic E-state index is 6.01. The van der Waals surface area contributed by atoms with Gasteiger partial charge in [0, 0.05) is 11.9 Å². The molecule has 1 atom stereocenters. The SMILES string of the molecule is CCC(Cl)CCNc1nc(OC)nc(OC)n1. The van der Waals surface area contributed by atoms with Gasteiger partial charge in [0.15, 0.2) is 0 Å². The average molecular weight is 261 g/mol. The first-order chi connectivity index (χ1) is 8.19. The summed E-state index contributed by atoms with van der Waals surface area (Å²) in [6.45, 7) is 2.74. The largest absolute Gasteiger partial charge is 0.467 e. The van der Waals surface area contributed by atoms with Gasteiger partial charge in [-0.15, -0.1) is 16.6 Å². The second kappa shape index (κ2) is 7.11. The number of anilines is 1. The van der Waals surface area contributed by atoms with E-state index >= 15 is 0 Å². The molecule has 1 unspecified atom stereocenters. The molecule has 1 N–H and O–H groups in total. The summed E-state index contributed by atoms with van der Waals surface area (Å²) < 4.78 is 9.88. The highest BCUT2D eigenvalue weighted by Gasteiger charge is 2.07. The molecule has 1 aromatic heterocycles. The zero-order valence-corrected chi connectivity index (χ0v) is 11.0. The molecule has 0 bridgehead atoms. The Bertz CT molecular complexity index is 329. The number of halogens is 1. The number of nitrogens with one attached hydrogen (secondary N) is 1. The second-order valence-electron chi connectivity index (χ2n) is 3.35. The van der Waals surface area contributed by atoms with E-state index in [1.807, 2.05) is 6.92 Å². The molecule has 17 heavy (non-hydrogen) atoms. The Hall–Kier alpha value is -1.30. The highest BCUT2D eigenvalue weighted by atomic mass is 35.5. The van der Waals surface area contributed by atoms with E-state index < -0.39 is 0 Å². The summed E-state index contributed by atoms with van der Waals surface area (Å²) in [6, 6.07) is 0.439. The smallest absolute Gasteiger partial charge is 0.324 e. The van der Waals surface area contributed by atoms with Gasteiger partial charge in [0.2, 0.25) is 5.95 Å². The predicted molar refractivity (Wildman–Crippen MR) is 66.0 cm³/mol. The first-order valence-electron chi connectivity index (χ1n) is 5.41. The summed E-state index contributed by atoms with van der Waals surface area (Å²) in [7, 11) is 2.98. The fraction of sp³-hybridized carbons (Fsp3) is 0.700. The molecule has 0 amide bonds. The lowest BCUT2D eigenvalue weighted by Gasteiger charge is -2.09. The Morgan fingerprint density at radius 2 is 1.76 bits per heavy atom. The molecule has 0 spiro atoms. The van der Waals surface area contributed by atoms with Crippen LogP contribution in [0.25, 0.3) is 0 Å². The lowest BCUT2D eigenvalue weighted by Crippen LogP contribution is -2.11. The van der Waals surface area contributed by atoms with Crippen LogP contribution in [0.5, 0.6) is 12.0 Å². The quantitative estimate of drug-likeness (QED) is 0.753. The van der Waals surface area contributed by atoms with Crippen LogP contribution in [0.15, 0.2) is 0 Å². The highest BCUT2D eigenvalue weighted by molar-refractivity contribution is 6.20. The molecule has 0 fully saturated rings. The molecule has 1 aromatic rings. The zero-order chi connectivity index (χ0) is 12.7. The van der Waals surface area contributed by atoms with Crippen molar-refractivity contribution in [3.63, 3.8) is 0 Å². The normalized spacial score (nSPS) is 12.0. The second-order valence-corrected chi connectivity index (χ2v) is 3.97. The minimum absolute atomic E-state index is 0.160. The number of alkyl halides is 1. The summed E-state index contributed by atoms with van der Waals surface area (Å²) in [5, 5.41) is 3.21. The van der Waals surface area contributed by atoms with Crippen LogP contribution in [0.2, 0.25) is 0 Å². The molecule has 7 heteroatoms. The first kappa shape index (κ1) is 13.8. The minimum Gasteiger partial charge on any atom is -0.467 e. The molecular weight excluding hydrogens is 244 g/mol. The zero-order valence-electron chi connectivity index (χ0n) is 10.2. The number of hydrogen-bond donors (Lipinski definition) is 1. The van der Waals surface area contributed by atoms with Crippen LogP contribution in [0.4, 0.5) is 5.95 Å². The van der Waals surface area contributed by atoms with Crippen LogP contribution in [-0.2, 0) is 0 Å². The van der Waals surface area contributed by atoms with Crippen molar-refractivity contribution in [3.05, 3.63) is 0 Å². The molecule has 0 aliphatic heterocycles. The van der Waals surface area contributed by atoms with Crippen molar-refractivity contribution >= 4 is 17.5 Å². The van der Waals surface area contributed by atoms with Gasteiger partial charge in [0.25, 0.3) is 0 Å². The van der Waals surface area contributed by atoms with Gasteiger partial charge < -0.3 is 14.8 Å². The standard InChI is InChI=1S/C10H17ClN4O2/c1-4-7(11)5-6-12-8-13-9(16-2)15-10(14-8)17-3/h7H,4-6H2,1-3H3,(H,12,13,14,15). The lowest BCUT2D eigenvalue weighted by atomic mass is 10.2. The van der Waals surface area contributed by atoms with E-state index in [9.17, 15) is 0 Å². The van der Waals surface area contributed by atoms with Crippen molar-refractivity contribution in [3.8, 4) is 12.0 Å². The summed E-state index contributed by atoms with van der Waals surface area (Å²) in [5.74, 6) is 0.425. The van der Waals surface area contributed by atoms with E-state index in [1.54, 1.807) is 0 Å². The van der Waals surface area contributed by atoms with E-state index in [4.69, 9.17) is 21.1 Å². The maximum Gasteiger partial charge on any atom is 0.324 e. The van der Waals surface area contributed by atoms with Crippen molar-refractivity contribution in [2.45, 2.75) is 25.1 Å². The predicted octanol–water partition coefficient (Wildman–Crippen LogP) is 1.71. The molecule has 0 aliphatic carbocycles. The van der Waals surface area contributed by atoms with Gasteiger partial charge in [-0.05, 0) is 12.8 Å². The summed E-state index contributed by atoms with van der Waals surface area (Å²) in [5.41, 5.74) is 0. The number of rotatable bonds is 7. The molecule has 96 valence electrons. The maximum absolute atomic E-state index is 6.01. The molecule has 0 aromatic carbocycles. The Balaban J connectivity index is 2.57. The van der Waals surface area contributed by atoms with Gasteiger partial charge in [-0.2, -0.15) is 9.97 Å². The van der Waals surface area contributed by atoms with Crippen molar-refractivity contribution in [1.29, 1.82) is 0 Å². The van der Waals surface area contributed by atoms with E-state index in [1.165, 1.54) is 14.2 Å². The topological polar surface area (TPSA) is 69.2 Å². The minimum atomic E-state index is 0.160. The Morgan fingerprint density at radius 3 is 2.24 bits per heavy atom. The van der Waals surface area contributed by atoms with Gasteiger partial charge >= 0.3 is 12.0 Å². The Morgan fingerprint density at radius 1 is 1.18 bits per heavy atom. The summed E-state index contributed by atoms with van der Waals surface area (Å²) in [4.78, 5) is 12.0. The van der Waals surface area contributed by atoms with E-state index in [0.29, 0.717) is 12.5 Å². The van der Waals surface area contributed by atoms with Crippen molar-refractivity contribution in [2.24, 2.45) is 0 Å². The molecule has 0 aliphatic rings. The molecular formula is C10H17ClN4O2. The monoisotopic (exact) mass is 260 g/mol. The number of hydrogen-bond acceptors (Lipinski definition) is 6. The van der Waals surface area contributed by atoms with Crippen molar-refractivity contribution in [1.82, 2.24) is 15.0 Å². The Labute approximate surface area is 106 Å². The van der Waals surface area contributed by atoms with Crippen molar-refractivity contribution < 1.29 is 9.47 Å². The van der Waals surface area contributed by atoms with Crippen molar-refractivity contribution in [2.75, 3.05) is 26.1 Å². The average Bonchev–Trinajstić information content (AvgIpc) is 2.37. The molecule has 1 heterocycles. The van der Waals surface area contributed by atoms with E-state index in [-0.39, 0.29) is 17.4 Å². The van der Waals surface area contributed by atoms with Crippen LogP contribution in [0, 0.1) is 0 Å². The fourth-order valence-corrected chi connectivity index (χ4v) is 1.25. The molecule has 0 saturated heterocycles. The number of methoxy groups -OCH3 is 2. The third-order valence-electron chi connectivity index (χ3n) is 2.14. The highest BCUT2D eigenvalue weighted by Crippen LogP contribution is 2.12. The number of aromatic nitrogens is 3. The molecule has 0 radical (unpaired) electrons. The van der Waals surface area contributed by atoms with Gasteiger partial charge in [0.1, 0.15) is 0 Å². The molecule has 0 saturated carbocycles. The van der Waals surface area contributed by atoms with Crippen LogP contribution in [-0.4, -0.2) is 41.1 Å². The van der Waals surface area contributed by atoms with Gasteiger partial charge in [-0.3, -0.25) is 0 Å². The van der Waals surface area contributed by atoms with Crippen LogP contribution >= 0.6 is 11.6 Å². The first-order valence-corrected chi connectivity index (χ1v) is 5.85. The third-order valence-corrected chi connectivity index (χ3v) is 2.67. The number of ether oxygens (including phenoxy) is 2. The Kier molecular flexibility index (Phi) is 5.76. The summed E-state index contributed by atoms with van der Waals surface area (Å²) in [6.07, 6.45) is 1.78. The lowest BCUT2D eigenvalue weighted by molar-refractivity contribution is 0.341. The van der Waals surface area contributed by atoms with Crippen LogP contribution in [0.3, 0.4) is 0 Å². The van der Waals surface area contributed by atoms with E-state index in [2.05, 4.69) is 20.3 Å². The summed E-state index contributed by atoms with van der Waals surface area (Å²) >= 11 is 6.01. The van der Waals surface area contributed by atoms with Gasteiger partial charge in [0.05, 0.1) is 14.2 Å². The fourth-order valence-electron chi connectivity index (χ4n) is 1.14. The molecule has 1 rings (SSSR count).